The van der Waals surface area contributed by atoms with Gasteiger partial charge < -0.3 is 4.74 Å². The summed E-state index contributed by atoms with van der Waals surface area (Å²) in [6.07, 6.45) is 8.76. The van der Waals surface area contributed by atoms with Crippen molar-refractivity contribution in [3.63, 3.8) is 0 Å². The molecule has 0 unspecified atom stereocenters. The highest BCUT2D eigenvalue weighted by Crippen LogP contribution is 2.49. The van der Waals surface area contributed by atoms with Crippen molar-refractivity contribution in [2.24, 2.45) is 0 Å². The zero-order valence-corrected chi connectivity index (χ0v) is 18.5. The number of rotatable bonds is 8. The minimum atomic E-state index is 0.200. The molecule has 0 aliphatic heterocycles. The summed E-state index contributed by atoms with van der Waals surface area (Å²) in [7, 11) is 0. The van der Waals surface area contributed by atoms with Crippen LogP contribution in [0.1, 0.15) is 90.7 Å². The summed E-state index contributed by atoms with van der Waals surface area (Å²) in [5, 5.41) is 0. The Labute approximate surface area is 172 Å². The SMILES string of the molecule is CCCCCCCOc1cc2c(cc1-c1c[c]ccc1)C(C)(C)CCC2(C)C. The van der Waals surface area contributed by atoms with Crippen LogP contribution in [0, 0.1) is 6.07 Å². The molecule has 1 radical (unpaired) electrons. The van der Waals surface area contributed by atoms with Gasteiger partial charge in [0.15, 0.2) is 0 Å². The van der Waals surface area contributed by atoms with E-state index in [-0.39, 0.29) is 10.8 Å². The Balaban J connectivity index is 1.95. The summed E-state index contributed by atoms with van der Waals surface area (Å²) in [6, 6.07) is 16.3. The minimum Gasteiger partial charge on any atom is -0.493 e. The minimum absolute atomic E-state index is 0.200. The quantitative estimate of drug-likeness (QED) is 0.425. The molecule has 0 aromatic heterocycles. The molecule has 151 valence electrons. The number of hydrogen-bond acceptors (Lipinski definition) is 1. The van der Waals surface area contributed by atoms with Crippen LogP contribution in [0.3, 0.4) is 0 Å². The normalized spacial score (nSPS) is 17.2. The molecule has 1 heteroatoms. The second kappa shape index (κ2) is 8.72. The molecular weight excluding hydrogens is 340 g/mol. The molecule has 1 aliphatic rings. The maximum Gasteiger partial charge on any atom is 0.127 e. The highest BCUT2D eigenvalue weighted by molar-refractivity contribution is 5.73. The third kappa shape index (κ3) is 4.62. The monoisotopic (exact) mass is 377 g/mol. The van der Waals surface area contributed by atoms with E-state index in [1.54, 1.807) is 0 Å². The molecule has 0 spiro atoms. The van der Waals surface area contributed by atoms with Gasteiger partial charge in [0.1, 0.15) is 5.75 Å². The van der Waals surface area contributed by atoms with Crippen molar-refractivity contribution in [3.8, 4) is 16.9 Å². The highest BCUT2D eigenvalue weighted by atomic mass is 16.5. The van der Waals surface area contributed by atoms with E-state index in [0.717, 1.165) is 18.8 Å². The number of fused-ring (bicyclic) bond motifs is 1. The van der Waals surface area contributed by atoms with Gasteiger partial charge in [0.25, 0.3) is 0 Å². The molecule has 2 aromatic carbocycles. The Kier molecular flexibility index (Phi) is 6.53. The van der Waals surface area contributed by atoms with E-state index in [2.05, 4.69) is 71.0 Å². The molecule has 0 saturated carbocycles. The summed E-state index contributed by atoms with van der Waals surface area (Å²) in [6.45, 7) is 12.6. The second-order valence-electron chi connectivity index (χ2n) is 9.72. The van der Waals surface area contributed by atoms with E-state index in [4.69, 9.17) is 4.74 Å². The standard InChI is InChI=1S/C27H37O/c1-6-7-8-9-13-18-28-25-20-24-23(26(2,3)16-17-27(24,4)5)19-22(25)21-14-11-10-12-15-21/h10-11,14-15,19-20H,6-9,13,16-18H2,1-5H3. The molecule has 0 bridgehead atoms. The largest absolute Gasteiger partial charge is 0.493 e. The number of unbranched alkanes of at least 4 members (excludes halogenated alkanes) is 4. The smallest absolute Gasteiger partial charge is 0.127 e. The number of ether oxygens (including phenoxy) is 1. The molecule has 3 rings (SSSR count). The zero-order chi connectivity index (χ0) is 20.2. The zero-order valence-electron chi connectivity index (χ0n) is 18.5. The van der Waals surface area contributed by atoms with Gasteiger partial charge in [-0.05, 0) is 71.0 Å². The van der Waals surface area contributed by atoms with E-state index in [1.807, 2.05) is 6.07 Å². The molecule has 0 N–H and O–H groups in total. The molecule has 28 heavy (non-hydrogen) atoms. The van der Waals surface area contributed by atoms with Crippen LogP contribution in [0.15, 0.2) is 36.4 Å². The van der Waals surface area contributed by atoms with Gasteiger partial charge in [-0.2, -0.15) is 0 Å². The molecular formula is C27H37O. The lowest BCUT2D eigenvalue weighted by molar-refractivity contribution is 0.299. The summed E-state index contributed by atoms with van der Waals surface area (Å²) in [5.41, 5.74) is 5.77. The van der Waals surface area contributed by atoms with Crippen LogP contribution < -0.4 is 4.74 Å². The van der Waals surface area contributed by atoms with Crippen molar-refractivity contribution in [3.05, 3.63) is 53.6 Å². The van der Waals surface area contributed by atoms with Gasteiger partial charge in [-0.15, -0.1) is 0 Å². The first-order valence-corrected chi connectivity index (χ1v) is 11.1. The lowest BCUT2D eigenvalue weighted by Gasteiger charge is -2.42. The van der Waals surface area contributed by atoms with E-state index < -0.39 is 0 Å². The van der Waals surface area contributed by atoms with Gasteiger partial charge >= 0.3 is 0 Å². The van der Waals surface area contributed by atoms with Gasteiger partial charge in [-0.1, -0.05) is 78.5 Å². The van der Waals surface area contributed by atoms with Crippen LogP contribution in [-0.4, -0.2) is 6.61 Å². The van der Waals surface area contributed by atoms with Gasteiger partial charge in [-0.25, -0.2) is 0 Å². The van der Waals surface area contributed by atoms with Crippen LogP contribution in [-0.2, 0) is 10.8 Å². The summed E-state index contributed by atoms with van der Waals surface area (Å²) in [4.78, 5) is 0. The summed E-state index contributed by atoms with van der Waals surface area (Å²) >= 11 is 0. The maximum atomic E-state index is 6.39. The van der Waals surface area contributed by atoms with Crippen molar-refractivity contribution in [2.45, 2.75) is 90.4 Å². The number of hydrogen-bond donors (Lipinski definition) is 0. The molecule has 0 heterocycles. The van der Waals surface area contributed by atoms with Crippen LogP contribution in [0.5, 0.6) is 5.75 Å². The van der Waals surface area contributed by atoms with Crippen LogP contribution in [0.2, 0.25) is 0 Å². The van der Waals surface area contributed by atoms with Crippen molar-refractivity contribution < 1.29 is 4.74 Å². The fourth-order valence-corrected chi connectivity index (χ4v) is 4.39. The second-order valence-corrected chi connectivity index (χ2v) is 9.72. The third-order valence-corrected chi connectivity index (χ3v) is 6.48. The van der Waals surface area contributed by atoms with E-state index >= 15 is 0 Å². The Bertz CT molecular complexity index is 770. The molecule has 0 saturated heterocycles. The van der Waals surface area contributed by atoms with Crippen LogP contribution in [0.25, 0.3) is 11.1 Å². The molecule has 0 amide bonds. The van der Waals surface area contributed by atoms with Crippen molar-refractivity contribution in [2.75, 3.05) is 6.61 Å². The lowest BCUT2D eigenvalue weighted by atomic mass is 9.62. The van der Waals surface area contributed by atoms with Crippen LogP contribution >= 0.6 is 0 Å². The fourth-order valence-electron chi connectivity index (χ4n) is 4.39. The van der Waals surface area contributed by atoms with E-state index in [9.17, 15) is 0 Å². The van der Waals surface area contributed by atoms with Gasteiger partial charge in [0, 0.05) is 5.56 Å². The Morgan fingerprint density at radius 1 is 0.929 bits per heavy atom. The predicted octanol–water partition coefficient (Wildman–Crippen LogP) is 7.85. The maximum absolute atomic E-state index is 6.39. The topological polar surface area (TPSA) is 9.23 Å². The first-order chi connectivity index (χ1) is 13.3. The first-order valence-electron chi connectivity index (χ1n) is 11.1. The van der Waals surface area contributed by atoms with E-state index in [1.165, 1.54) is 60.8 Å². The van der Waals surface area contributed by atoms with Gasteiger partial charge in [0.2, 0.25) is 0 Å². The number of benzene rings is 2. The third-order valence-electron chi connectivity index (χ3n) is 6.48. The molecule has 0 fully saturated rings. The van der Waals surface area contributed by atoms with Crippen molar-refractivity contribution in [1.82, 2.24) is 0 Å². The average Bonchev–Trinajstić information content (AvgIpc) is 2.68. The lowest BCUT2D eigenvalue weighted by Crippen LogP contribution is -2.34. The van der Waals surface area contributed by atoms with E-state index in [0.29, 0.717) is 0 Å². The highest BCUT2D eigenvalue weighted by Gasteiger charge is 2.38. The fraction of sp³-hybridized carbons (Fsp3) is 0.556. The molecule has 2 aromatic rings. The predicted molar refractivity (Wildman–Crippen MR) is 120 cm³/mol. The van der Waals surface area contributed by atoms with Crippen molar-refractivity contribution in [1.29, 1.82) is 0 Å². The van der Waals surface area contributed by atoms with Crippen LogP contribution in [0.4, 0.5) is 0 Å². The molecule has 0 atom stereocenters. The Morgan fingerprint density at radius 2 is 1.61 bits per heavy atom. The molecule has 1 aliphatic carbocycles. The Hall–Kier alpha value is -1.76. The van der Waals surface area contributed by atoms with Crippen molar-refractivity contribution >= 4 is 0 Å². The first kappa shape index (κ1) is 21.0. The molecule has 1 nitrogen and oxygen atoms in total. The summed E-state index contributed by atoms with van der Waals surface area (Å²) in [5.74, 6) is 1.04. The van der Waals surface area contributed by atoms with Gasteiger partial charge in [0.05, 0.1) is 6.61 Å². The summed E-state index contributed by atoms with van der Waals surface area (Å²) < 4.78 is 6.39. The van der Waals surface area contributed by atoms with Gasteiger partial charge in [-0.3, -0.25) is 0 Å². The average molecular weight is 378 g/mol. The Morgan fingerprint density at radius 3 is 2.25 bits per heavy atom.